The van der Waals surface area contributed by atoms with E-state index in [4.69, 9.17) is 11.6 Å². The molecule has 0 radical (unpaired) electrons. The molecule has 2 amide bonds. The van der Waals surface area contributed by atoms with Crippen molar-refractivity contribution in [2.24, 2.45) is 5.92 Å². The zero-order valence-electron chi connectivity index (χ0n) is 18.4. The van der Waals surface area contributed by atoms with Gasteiger partial charge in [0.1, 0.15) is 6.04 Å². The van der Waals surface area contributed by atoms with Crippen molar-refractivity contribution in [1.82, 2.24) is 15.2 Å². The minimum absolute atomic E-state index is 0.00397. The Hall–Kier alpha value is -2.79. The van der Waals surface area contributed by atoms with Crippen molar-refractivity contribution in [3.63, 3.8) is 0 Å². The summed E-state index contributed by atoms with van der Waals surface area (Å²) in [5, 5.41) is 4.81. The summed E-state index contributed by atoms with van der Waals surface area (Å²) < 4.78 is 0. The van der Waals surface area contributed by atoms with Gasteiger partial charge in [-0.1, -0.05) is 54.4 Å². The minimum Gasteiger partial charge on any atom is -0.356 e. The second-order valence-electron chi connectivity index (χ2n) is 9.10. The molecule has 166 valence electrons. The molecule has 2 aromatic carbocycles. The highest BCUT2D eigenvalue weighted by atomic mass is 35.5. The van der Waals surface area contributed by atoms with Gasteiger partial charge in [0.15, 0.2) is 0 Å². The van der Waals surface area contributed by atoms with Crippen LogP contribution in [0.25, 0.3) is 10.9 Å². The number of nitrogens with zero attached hydrogens (tertiary/aromatic N) is 1. The highest BCUT2D eigenvalue weighted by Gasteiger charge is 2.39. The summed E-state index contributed by atoms with van der Waals surface area (Å²) in [6.07, 6.45) is 2.92. The number of amides is 2. The Kier molecular flexibility index (Phi) is 5.46. The van der Waals surface area contributed by atoms with E-state index in [9.17, 15) is 9.59 Å². The van der Waals surface area contributed by atoms with Crippen molar-refractivity contribution >= 4 is 34.3 Å². The van der Waals surface area contributed by atoms with Crippen LogP contribution in [-0.2, 0) is 9.59 Å². The lowest BCUT2D eigenvalue weighted by Crippen LogP contribution is -2.52. The molecule has 5 nitrogen and oxygen atoms in total. The molecule has 6 heteroatoms. The molecular weight excluding hydrogens is 422 g/mol. The van der Waals surface area contributed by atoms with Gasteiger partial charge in [-0.05, 0) is 49.9 Å². The van der Waals surface area contributed by atoms with Gasteiger partial charge in [0.2, 0.25) is 11.8 Å². The van der Waals surface area contributed by atoms with Crippen LogP contribution >= 0.6 is 11.6 Å². The van der Waals surface area contributed by atoms with Crippen LogP contribution in [0.1, 0.15) is 61.9 Å². The van der Waals surface area contributed by atoms with Crippen LogP contribution in [0.2, 0.25) is 5.02 Å². The van der Waals surface area contributed by atoms with Crippen LogP contribution in [0, 0.1) is 5.92 Å². The number of halogens is 1. The Bertz CT molecular complexity index is 1180. The first-order valence-electron chi connectivity index (χ1n) is 11.4. The van der Waals surface area contributed by atoms with E-state index in [0.717, 1.165) is 41.4 Å². The summed E-state index contributed by atoms with van der Waals surface area (Å²) in [5.41, 5.74) is 4.31. The highest BCUT2D eigenvalue weighted by Crippen LogP contribution is 2.44. The van der Waals surface area contributed by atoms with Crippen molar-refractivity contribution in [3.8, 4) is 0 Å². The van der Waals surface area contributed by atoms with Gasteiger partial charge in [0.25, 0.3) is 0 Å². The van der Waals surface area contributed by atoms with Crippen molar-refractivity contribution < 1.29 is 9.59 Å². The number of hydrogen-bond acceptors (Lipinski definition) is 2. The van der Waals surface area contributed by atoms with E-state index in [1.807, 2.05) is 41.3 Å². The first-order chi connectivity index (χ1) is 15.5. The number of rotatable bonds is 4. The van der Waals surface area contributed by atoms with Crippen LogP contribution in [0.3, 0.4) is 0 Å². The Balaban J connectivity index is 1.52. The molecule has 0 saturated heterocycles. The van der Waals surface area contributed by atoms with Crippen molar-refractivity contribution in [2.45, 2.75) is 51.1 Å². The van der Waals surface area contributed by atoms with E-state index in [-0.39, 0.29) is 29.7 Å². The largest absolute Gasteiger partial charge is 0.356 e. The summed E-state index contributed by atoms with van der Waals surface area (Å²) in [6, 6.07) is 15.4. The zero-order chi connectivity index (χ0) is 22.4. The molecule has 3 atom stereocenters. The molecule has 2 heterocycles. The van der Waals surface area contributed by atoms with Crippen molar-refractivity contribution in [3.05, 3.63) is 70.4 Å². The fourth-order valence-corrected chi connectivity index (χ4v) is 5.36. The van der Waals surface area contributed by atoms with Crippen LogP contribution < -0.4 is 5.32 Å². The fraction of sp³-hybridized carbons (Fsp3) is 0.385. The van der Waals surface area contributed by atoms with Gasteiger partial charge in [0.05, 0.1) is 6.04 Å². The van der Waals surface area contributed by atoms with Gasteiger partial charge in [-0.2, -0.15) is 0 Å². The van der Waals surface area contributed by atoms with E-state index in [2.05, 4.69) is 29.4 Å². The second kappa shape index (κ2) is 8.28. The molecule has 0 spiro atoms. The maximum Gasteiger partial charge on any atom is 0.245 e. The van der Waals surface area contributed by atoms with Crippen LogP contribution in [0.4, 0.5) is 0 Å². The molecular formula is C26H28ClN3O2. The maximum atomic E-state index is 13.5. The van der Waals surface area contributed by atoms with Crippen LogP contribution in [0.5, 0.6) is 0 Å². The lowest BCUT2D eigenvalue weighted by molar-refractivity contribution is -0.139. The van der Waals surface area contributed by atoms with Gasteiger partial charge < -0.3 is 15.2 Å². The van der Waals surface area contributed by atoms with Crippen LogP contribution in [-0.4, -0.2) is 34.3 Å². The van der Waals surface area contributed by atoms with E-state index in [1.165, 1.54) is 5.56 Å². The third-order valence-electron chi connectivity index (χ3n) is 7.16. The molecule has 2 N–H and O–H groups in total. The third-order valence-corrected chi connectivity index (χ3v) is 7.50. The standard InChI is InChI=1S/C26H28ClN3O2/c1-15(28-25(31)17-8-7-9-17)26(32)30-14-20(18-10-3-5-12-21(18)27)23-19-11-4-6-13-22(19)29-24(23)16(30)2/h3-6,10-13,15-17,20,29H,7-9,14H2,1-2H3,(H,28,31). The van der Waals surface area contributed by atoms with Crippen LogP contribution in [0.15, 0.2) is 48.5 Å². The number of carbonyl (C=O) groups is 2. The van der Waals surface area contributed by atoms with Gasteiger partial charge >= 0.3 is 0 Å². The average Bonchev–Trinajstić information content (AvgIpc) is 3.13. The number of fused-ring (bicyclic) bond motifs is 3. The quantitative estimate of drug-likeness (QED) is 0.577. The fourth-order valence-electron chi connectivity index (χ4n) is 5.10. The average molecular weight is 450 g/mol. The molecule has 5 rings (SSSR count). The molecule has 1 aliphatic heterocycles. The molecule has 32 heavy (non-hydrogen) atoms. The molecule has 3 aromatic rings. The number of benzene rings is 2. The third kappa shape index (κ3) is 3.49. The minimum atomic E-state index is -0.566. The number of aromatic nitrogens is 1. The van der Waals surface area contributed by atoms with Gasteiger partial charge in [-0.25, -0.2) is 0 Å². The number of para-hydroxylation sites is 1. The van der Waals surface area contributed by atoms with E-state index in [0.29, 0.717) is 11.6 Å². The Morgan fingerprint density at radius 3 is 2.56 bits per heavy atom. The summed E-state index contributed by atoms with van der Waals surface area (Å²) in [6.45, 7) is 4.36. The highest BCUT2D eigenvalue weighted by molar-refractivity contribution is 6.31. The molecule has 1 aromatic heterocycles. The number of hydrogen-bond donors (Lipinski definition) is 2. The Morgan fingerprint density at radius 2 is 1.84 bits per heavy atom. The first-order valence-corrected chi connectivity index (χ1v) is 11.8. The first kappa shape index (κ1) is 21.1. The maximum absolute atomic E-state index is 13.5. The normalized spacial score (nSPS) is 21.7. The smallest absolute Gasteiger partial charge is 0.245 e. The topological polar surface area (TPSA) is 65.2 Å². The lowest BCUT2D eigenvalue weighted by atomic mass is 9.83. The summed E-state index contributed by atoms with van der Waals surface area (Å²) in [4.78, 5) is 31.4. The summed E-state index contributed by atoms with van der Waals surface area (Å²) in [7, 11) is 0. The molecule has 0 bridgehead atoms. The number of nitrogens with one attached hydrogen (secondary N) is 2. The summed E-state index contributed by atoms with van der Waals surface area (Å²) in [5.74, 6) is -0.0630. The SMILES string of the molecule is CC(NC(=O)C1CCC1)C(=O)N1CC(c2ccccc2Cl)c2c([nH]c3ccccc23)C1C. The second-order valence-corrected chi connectivity index (χ2v) is 9.50. The van der Waals surface area contributed by atoms with Gasteiger partial charge in [-0.3, -0.25) is 9.59 Å². The molecule has 3 unspecified atom stereocenters. The lowest BCUT2D eigenvalue weighted by Gasteiger charge is -2.40. The summed E-state index contributed by atoms with van der Waals surface area (Å²) >= 11 is 6.62. The number of H-pyrrole nitrogens is 1. The number of carbonyl (C=O) groups excluding carboxylic acids is 2. The Labute approximate surface area is 193 Å². The van der Waals surface area contributed by atoms with E-state index < -0.39 is 6.04 Å². The van der Waals surface area contributed by atoms with Gasteiger partial charge in [-0.15, -0.1) is 0 Å². The molecule has 1 fully saturated rings. The van der Waals surface area contributed by atoms with Crippen molar-refractivity contribution in [1.29, 1.82) is 0 Å². The van der Waals surface area contributed by atoms with Crippen molar-refractivity contribution in [2.75, 3.05) is 6.54 Å². The predicted molar refractivity (Wildman–Crippen MR) is 127 cm³/mol. The monoisotopic (exact) mass is 449 g/mol. The molecule has 2 aliphatic rings. The van der Waals surface area contributed by atoms with E-state index in [1.54, 1.807) is 6.92 Å². The number of aromatic amines is 1. The molecule has 1 aliphatic carbocycles. The molecule has 1 saturated carbocycles. The van der Waals surface area contributed by atoms with E-state index >= 15 is 0 Å². The Morgan fingerprint density at radius 1 is 1.12 bits per heavy atom. The predicted octanol–water partition coefficient (Wildman–Crippen LogP) is 5.16. The van der Waals surface area contributed by atoms with Gasteiger partial charge in [0, 0.05) is 40.0 Å². The zero-order valence-corrected chi connectivity index (χ0v) is 19.2.